The van der Waals surface area contributed by atoms with Crippen molar-refractivity contribution >= 4 is 7.85 Å². The summed E-state index contributed by atoms with van der Waals surface area (Å²) in [4.78, 5) is 0. The van der Waals surface area contributed by atoms with Crippen LogP contribution in [-0.4, -0.2) is 7.85 Å². The third kappa shape index (κ3) is 3.61. The van der Waals surface area contributed by atoms with Gasteiger partial charge in [0.25, 0.3) is 0 Å². The summed E-state index contributed by atoms with van der Waals surface area (Å²) in [6.07, 6.45) is 0.0511. The van der Waals surface area contributed by atoms with Gasteiger partial charge in [0.1, 0.15) is 0 Å². The minimum atomic E-state index is -2.55. The van der Waals surface area contributed by atoms with E-state index in [9.17, 15) is 39.5 Å². The van der Waals surface area contributed by atoms with Crippen LogP contribution in [0.25, 0.3) is 11.1 Å². The van der Waals surface area contributed by atoms with E-state index < -0.39 is 74.4 Å². The van der Waals surface area contributed by atoms with Gasteiger partial charge in [0.2, 0.25) is 5.82 Å². The third-order valence-corrected chi connectivity index (χ3v) is 4.62. The Bertz CT molecular complexity index is 921. The predicted molar refractivity (Wildman–Crippen MR) is 88.7 cm³/mol. The fourth-order valence-corrected chi connectivity index (χ4v) is 3.43. The maximum absolute atomic E-state index is 14.7. The van der Waals surface area contributed by atoms with Gasteiger partial charge in [0.05, 0.1) is 13.4 Å². The Labute approximate surface area is 162 Å². The molecule has 0 fully saturated rings. The molecule has 29 heavy (non-hydrogen) atoms. The Morgan fingerprint density at radius 2 is 0.828 bits per heavy atom. The van der Waals surface area contributed by atoms with Crippen LogP contribution in [0.4, 0.5) is 39.5 Å². The summed E-state index contributed by atoms with van der Waals surface area (Å²) in [6.45, 7) is 3.12. The molecule has 0 aliphatic rings. The second-order valence-electron chi connectivity index (χ2n) is 6.61. The van der Waals surface area contributed by atoms with E-state index in [2.05, 4.69) is 0 Å². The zero-order valence-corrected chi connectivity index (χ0v) is 15.3. The second kappa shape index (κ2) is 8.32. The van der Waals surface area contributed by atoms with E-state index >= 15 is 0 Å². The molecule has 0 unspecified atom stereocenters. The van der Waals surface area contributed by atoms with Gasteiger partial charge in [0.15, 0.2) is 46.5 Å². The Morgan fingerprint density at radius 1 is 0.517 bits per heavy atom. The summed E-state index contributed by atoms with van der Waals surface area (Å²) in [6, 6.07) is 0. The molecule has 0 heterocycles. The van der Waals surface area contributed by atoms with Gasteiger partial charge < -0.3 is 0 Å². The molecule has 0 aromatic heterocycles. The maximum atomic E-state index is 14.7. The Kier molecular flexibility index (Phi) is 6.64. The lowest BCUT2D eigenvalue weighted by atomic mass is 9.57. The lowest BCUT2D eigenvalue weighted by molar-refractivity contribution is 0.374. The van der Waals surface area contributed by atoms with Crippen molar-refractivity contribution < 1.29 is 39.5 Å². The number of rotatable bonds is 6. The molecule has 0 saturated heterocycles. The molecule has 0 N–H and O–H groups in total. The first-order valence-corrected chi connectivity index (χ1v) is 8.61. The monoisotopic (exact) mass is 424 g/mol. The fraction of sp³-hybridized carbons (Fsp3) is 0.368. The molecule has 2 radical (unpaired) electrons. The highest BCUT2D eigenvalue weighted by Gasteiger charge is 2.39. The number of hydrogen-bond acceptors (Lipinski definition) is 0. The topological polar surface area (TPSA) is 0 Å². The van der Waals surface area contributed by atoms with Gasteiger partial charge in [-0.3, -0.25) is 0 Å². The van der Waals surface area contributed by atoms with Gasteiger partial charge >= 0.3 is 0 Å². The molecular formula is C19H14BF9. The standard InChI is InChI=1S/C19H14BF9/c1-3-5-19(20,6-4-2)9-7(10(21)14(25)17(28)13(9)24)8-11(22)15(26)18(29)16(27)12(8)23/h3-6H2,1-2H3. The van der Waals surface area contributed by atoms with Crippen molar-refractivity contribution in [3.8, 4) is 11.1 Å². The first-order chi connectivity index (χ1) is 13.4. The Balaban J connectivity index is 3.13. The summed E-state index contributed by atoms with van der Waals surface area (Å²) in [5.41, 5.74) is -4.76. The van der Waals surface area contributed by atoms with Crippen molar-refractivity contribution in [3.63, 3.8) is 0 Å². The Hall–Kier alpha value is -2.13. The highest BCUT2D eigenvalue weighted by Crippen LogP contribution is 2.45. The zero-order valence-electron chi connectivity index (χ0n) is 15.3. The quantitative estimate of drug-likeness (QED) is 0.213. The van der Waals surface area contributed by atoms with Crippen LogP contribution in [0.2, 0.25) is 0 Å². The lowest BCUT2D eigenvalue weighted by Crippen LogP contribution is -2.30. The average molecular weight is 424 g/mol. The van der Waals surface area contributed by atoms with Crippen molar-refractivity contribution in [2.45, 2.75) is 44.8 Å². The van der Waals surface area contributed by atoms with Crippen LogP contribution in [-0.2, 0) is 5.31 Å². The van der Waals surface area contributed by atoms with E-state index in [0.29, 0.717) is 0 Å². The van der Waals surface area contributed by atoms with Crippen LogP contribution in [0.1, 0.15) is 45.1 Å². The number of benzene rings is 2. The molecule has 0 spiro atoms. The van der Waals surface area contributed by atoms with Crippen LogP contribution < -0.4 is 0 Å². The van der Waals surface area contributed by atoms with Crippen molar-refractivity contribution in [2.24, 2.45) is 0 Å². The second-order valence-corrected chi connectivity index (χ2v) is 6.61. The van der Waals surface area contributed by atoms with E-state index in [-0.39, 0.29) is 25.7 Å². The van der Waals surface area contributed by atoms with Gasteiger partial charge in [-0.15, -0.1) is 0 Å². The first kappa shape index (κ1) is 23.2. The summed E-state index contributed by atoms with van der Waals surface area (Å²) < 4.78 is 126. The largest absolute Gasteiger partial charge is 0.203 e. The summed E-state index contributed by atoms with van der Waals surface area (Å²) in [7, 11) is 6.07. The van der Waals surface area contributed by atoms with Crippen LogP contribution >= 0.6 is 0 Å². The summed E-state index contributed by atoms with van der Waals surface area (Å²) in [5.74, 6) is -21.7. The highest BCUT2D eigenvalue weighted by atomic mass is 19.2. The summed E-state index contributed by atoms with van der Waals surface area (Å²) in [5, 5.41) is -1.97. The van der Waals surface area contributed by atoms with Crippen molar-refractivity contribution in [3.05, 3.63) is 57.9 Å². The lowest BCUT2D eigenvalue weighted by Gasteiger charge is -2.33. The van der Waals surface area contributed by atoms with Gasteiger partial charge in [0, 0.05) is 5.56 Å². The van der Waals surface area contributed by atoms with Gasteiger partial charge in [-0.2, -0.15) is 0 Å². The van der Waals surface area contributed by atoms with Gasteiger partial charge in [-0.1, -0.05) is 39.5 Å². The predicted octanol–water partition coefficient (Wildman–Crippen LogP) is 6.57. The maximum Gasteiger partial charge on any atom is 0.200 e. The smallest absolute Gasteiger partial charge is 0.200 e. The molecule has 0 aliphatic carbocycles. The molecule has 0 bridgehead atoms. The van der Waals surface area contributed by atoms with E-state index in [0.717, 1.165) is 0 Å². The SMILES string of the molecule is [B]C(CCC)(CCC)c1c(F)c(F)c(F)c(F)c1-c1c(F)c(F)c(F)c(F)c1F. The molecule has 156 valence electrons. The first-order valence-electron chi connectivity index (χ1n) is 8.61. The van der Waals surface area contributed by atoms with E-state index in [1.54, 1.807) is 13.8 Å². The van der Waals surface area contributed by atoms with E-state index in [1.165, 1.54) is 0 Å². The van der Waals surface area contributed by atoms with Crippen LogP contribution in [0, 0.1) is 52.4 Å². The minimum Gasteiger partial charge on any atom is -0.203 e. The molecule has 0 nitrogen and oxygen atoms in total. The molecule has 0 atom stereocenters. The Morgan fingerprint density at radius 3 is 1.21 bits per heavy atom. The molecule has 2 aromatic carbocycles. The summed E-state index contributed by atoms with van der Waals surface area (Å²) >= 11 is 0. The normalized spacial score (nSPS) is 12.0. The minimum absolute atomic E-state index is 0.176. The average Bonchev–Trinajstić information content (AvgIpc) is 2.67. The van der Waals surface area contributed by atoms with Gasteiger partial charge in [-0.25, -0.2) is 39.5 Å². The van der Waals surface area contributed by atoms with Crippen molar-refractivity contribution in [1.29, 1.82) is 0 Å². The van der Waals surface area contributed by atoms with Crippen LogP contribution in [0.3, 0.4) is 0 Å². The van der Waals surface area contributed by atoms with E-state index in [1.807, 2.05) is 0 Å². The number of halogens is 9. The van der Waals surface area contributed by atoms with Crippen LogP contribution in [0.15, 0.2) is 0 Å². The molecule has 0 aliphatic heterocycles. The fourth-order valence-electron chi connectivity index (χ4n) is 3.43. The number of hydrogen-bond donors (Lipinski definition) is 0. The van der Waals surface area contributed by atoms with Gasteiger partial charge in [-0.05, 0) is 10.9 Å². The van der Waals surface area contributed by atoms with E-state index in [4.69, 9.17) is 7.85 Å². The zero-order chi connectivity index (χ0) is 22.3. The molecular weight excluding hydrogens is 410 g/mol. The highest BCUT2D eigenvalue weighted by molar-refractivity contribution is 6.16. The van der Waals surface area contributed by atoms with Crippen LogP contribution in [0.5, 0.6) is 0 Å². The molecule has 0 saturated carbocycles. The molecule has 2 aromatic rings. The third-order valence-electron chi connectivity index (χ3n) is 4.62. The van der Waals surface area contributed by atoms with Crippen molar-refractivity contribution in [2.75, 3.05) is 0 Å². The molecule has 2 rings (SSSR count). The molecule has 10 heteroatoms. The molecule has 0 amide bonds. The van der Waals surface area contributed by atoms with Crippen molar-refractivity contribution in [1.82, 2.24) is 0 Å².